The number of carbonyl (C=O) groups is 1. The summed E-state index contributed by atoms with van der Waals surface area (Å²) in [4.78, 5) is 10.4. The van der Waals surface area contributed by atoms with Crippen molar-refractivity contribution in [2.45, 2.75) is 37.9 Å². The van der Waals surface area contributed by atoms with E-state index in [1.165, 1.54) is 0 Å². The Morgan fingerprint density at radius 2 is 1.92 bits per heavy atom. The first-order valence-corrected chi connectivity index (χ1v) is 3.73. The molecule has 1 fully saturated rings. The molecule has 0 saturated heterocycles. The normalized spacial score (nSPS) is 21.3. The van der Waals surface area contributed by atoms with Gasteiger partial charge in [0.1, 0.15) is 0 Å². The first-order valence-electron chi connectivity index (χ1n) is 3.73. The Kier molecular flexibility index (Phi) is 2.06. The fraction of sp³-hybridized carbons (Fsp3) is 0.857. The monoisotopic (exact) mass is 181 g/mol. The molecule has 0 aromatic rings. The quantitative estimate of drug-likeness (QED) is 0.654. The number of hydrogen-bond acceptors (Lipinski definition) is 1. The van der Waals surface area contributed by atoms with Crippen LogP contribution in [0.5, 0.6) is 0 Å². The highest BCUT2D eigenvalue weighted by molar-refractivity contribution is 5.82. The third kappa shape index (κ3) is 1.89. The molecular weight excluding hydrogens is 171 g/mol. The maximum absolute atomic E-state index is 11.7. The molecule has 1 rings (SSSR count). The highest BCUT2D eigenvalue weighted by Gasteiger charge is 2.44. The summed E-state index contributed by atoms with van der Waals surface area (Å²) in [7, 11) is 0. The Morgan fingerprint density at radius 1 is 1.42 bits per heavy atom. The van der Waals surface area contributed by atoms with Crippen molar-refractivity contribution in [1.82, 2.24) is 5.32 Å². The Morgan fingerprint density at radius 3 is 2.17 bits per heavy atom. The van der Waals surface area contributed by atoms with Crippen molar-refractivity contribution in [3.8, 4) is 0 Å². The van der Waals surface area contributed by atoms with Crippen LogP contribution in [0.2, 0.25) is 0 Å². The van der Waals surface area contributed by atoms with Crippen LogP contribution in [0.1, 0.15) is 26.2 Å². The van der Waals surface area contributed by atoms with Crippen LogP contribution in [-0.4, -0.2) is 17.6 Å². The van der Waals surface area contributed by atoms with Gasteiger partial charge in [-0.05, 0) is 26.2 Å². The van der Waals surface area contributed by atoms with Crippen LogP contribution in [0.25, 0.3) is 0 Å². The van der Waals surface area contributed by atoms with E-state index in [-0.39, 0.29) is 0 Å². The van der Waals surface area contributed by atoms with Gasteiger partial charge in [0.2, 0.25) is 0 Å². The minimum absolute atomic E-state index is 0.618. The van der Waals surface area contributed by atoms with Crippen LogP contribution >= 0.6 is 0 Å². The largest absolute Gasteiger partial charge is 0.471 e. The van der Waals surface area contributed by atoms with Crippen molar-refractivity contribution in [3.05, 3.63) is 0 Å². The minimum atomic E-state index is -4.75. The summed E-state index contributed by atoms with van der Waals surface area (Å²) in [6, 6.07) is 0. The zero-order chi connectivity index (χ0) is 9.41. The number of amides is 1. The van der Waals surface area contributed by atoms with Gasteiger partial charge < -0.3 is 5.32 Å². The average molecular weight is 181 g/mol. The van der Waals surface area contributed by atoms with Crippen LogP contribution in [0.15, 0.2) is 0 Å². The van der Waals surface area contributed by atoms with Crippen LogP contribution < -0.4 is 5.32 Å². The second-order valence-electron chi connectivity index (χ2n) is 3.37. The van der Waals surface area contributed by atoms with Crippen molar-refractivity contribution < 1.29 is 18.0 Å². The van der Waals surface area contributed by atoms with Crippen LogP contribution in [-0.2, 0) is 4.79 Å². The lowest BCUT2D eigenvalue weighted by Gasteiger charge is -2.39. The van der Waals surface area contributed by atoms with E-state index >= 15 is 0 Å². The lowest BCUT2D eigenvalue weighted by Crippen LogP contribution is -2.54. The SMILES string of the molecule is CC1(NC(=O)C(F)(F)F)CCC1. The van der Waals surface area contributed by atoms with E-state index in [0.717, 1.165) is 6.42 Å². The second kappa shape index (κ2) is 2.64. The van der Waals surface area contributed by atoms with E-state index in [1.54, 1.807) is 6.92 Å². The van der Waals surface area contributed by atoms with Crippen molar-refractivity contribution in [2.24, 2.45) is 0 Å². The molecular formula is C7H10F3NO. The van der Waals surface area contributed by atoms with E-state index in [1.807, 2.05) is 5.32 Å². The van der Waals surface area contributed by atoms with Gasteiger partial charge in [-0.2, -0.15) is 13.2 Å². The Hall–Kier alpha value is -0.740. The van der Waals surface area contributed by atoms with Gasteiger partial charge in [0.25, 0.3) is 0 Å². The van der Waals surface area contributed by atoms with Crippen molar-refractivity contribution in [1.29, 1.82) is 0 Å². The average Bonchev–Trinajstić information content (AvgIpc) is 1.82. The molecule has 5 heteroatoms. The Bertz CT molecular complexity index is 195. The number of hydrogen-bond donors (Lipinski definition) is 1. The number of carbonyl (C=O) groups excluding carboxylic acids is 1. The molecule has 0 spiro atoms. The maximum Gasteiger partial charge on any atom is 0.471 e. The molecule has 0 aromatic carbocycles. The molecule has 1 amide bonds. The molecule has 1 aliphatic carbocycles. The highest BCUT2D eigenvalue weighted by atomic mass is 19.4. The topological polar surface area (TPSA) is 29.1 Å². The highest BCUT2D eigenvalue weighted by Crippen LogP contribution is 2.32. The molecule has 1 saturated carbocycles. The fourth-order valence-corrected chi connectivity index (χ4v) is 1.18. The maximum atomic E-state index is 11.7. The smallest absolute Gasteiger partial charge is 0.343 e. The zero-order valence-corrected chi connectivity index (χ0v) is 6.66. The summed E-state index contributed by atoms with van der Waals surface area (Å²) in [5.74, 6) is -1.83. The number of rotatable bonds is 1. The van der Waals surface area contributed by atoms with Gasteiger partial charge in [0.15, 0.2) is 0 Å². The molecule has 1 aliphatic rings. The van der Waals surface area contributed by atoms with E-state index in [2.05, 4.69) is 0 Å². The molecule has 0 bridgehead atoms. The van der Waals surface area contributed by atoms with Gasteiger partial charge in [0, 0.05) is 5.54 Å². The molecule has 70 valence electrons. The fourth-order valence-electron chi connectivity index (χ4n) is 1.18. The summed E-state index contributed by atoms with van der Waals surface area (Å²) < 4.78 is 35.2. The summed E-state index contributed by atoms with van der Waals surface area (Å²) in [6.07, 6.45) is -2.60. The molecule has 12 heavy (non-hydrogen) atoms. The molecule has 0 aromatic heterocycles. The summed E-state index contributed by atoms with van der Waals surface area (Å²) in [5, 5.41) is 1.97. The molecule has 0 radical (unpaired) electrons. The van der Waals surface area contributed by atoms with Crippen LogP contribution in [0.4, 0.5) is 13.2 Å². The van der Waals surface area contributed by atoms with Crippen LogP contribution in [0.3, 0.4) is 0 Å². The Labute approximate surface area is 68.1 Å². The summed E-state index contributed by atoms with van der Waals surface area (Å²) >= 11 is 0. The van der Waals surface area contributed by atoms with E-state index < -0.39 is 17.6 Å². The van der Waals surface area contributed by atoms with Gasteiger partial charge in [-0.15, -0.1) is 0 Å². The molecule has 1 N–H and O–H groups in total. The van der Waals surface area contributed by atoms with Crippen LogP contribution in [0, 0.1) is 0 Å². The van der Waals surface area contributed by atoms with Crippen molar-refractivity contribution >= 4 is 5.91 Å². The van der Waals surface area contributed by atoms with Gasteiger partial charge in [-0.25, -0.2) is 0 Å². The van der Waals surface area contributed by atoms with Gasteiger partial charge in [-0.3, -0.25) is 4.79 Å². The van der Waals surface area contributed by atoms with Crippen molar-refractivity contribution in [2.75, 3.05) is 0 Å². The summed E-state index contributed by atoms with van der Waals surface area (Å²) in [5.41, 5.74) is -0.618. The standard InChI is InChI=1S/C7H10F3NO/c1-6(3-2-4-6)11-5(12)7(8,9)10/h2-4H2,1H3,(H,11,12). The van der Waals surface area contributed by atoms with Gasteiger partial charge in [0.05, 0.1) is 0 Å². The zero-order valence-electron chi connectivity index (χ0n) is 6.66. The molecule has 0 aliphatic heterocycles. The first-order chi connectivity index (χ1) is 5.33. The molecule has 0 heterocycles. The summed E-state index contributed by atoms with van der Waals surface area (Å²) in [6.45, 7) is 1.63. The van der Waals surface area contributed by atoms with Gasteiger partial charge >= 0.3 is 12.1 Å². The van der Waals surface area contributed by atoms with Gasteiger partial charge in [-0.1, -0.05) is 0 Å². The second-order valence-corrected chi connectivity index (χ2v) is 3.37. The molecule has 2 nitrogen and oxygen atoms in total. The minimum Gasteiger partial charge on any atom is -0.343 e. The molecule has 0 atom stereocenters. The van der Waals surface area contributed by atoms with Crippen molar-refractivity contribution in [3.63, 3.8) is 0 Å². The predicted octanol–water partition coefficient (Wildman–Crippen LogP) is 1.61. The number of halogens is 3. The van der Waals surface area contributed by atoms with E-state index in [4.69, 9.17) is 0 Å². The lowest BCUT2D eigenvalue weighted by atomic mass is 9.78. The number of nitrogens with one attached hydrogen (secondary N) is 1. The predicted molar refractivity (Wildman–Crippen MR) is 36.5 cm³/mol. The van der Waals surface area contributed by atoms with E-state index in [0.29, 0.717) is 12.8 Å². The Balaban J connectivity index is 2.46. The lowest BCUT2D eigenvalue weighted by molar-refractivity contribution is -0.176. The number of alkyl halides is 3. The van der Waals surface area contributed by atoms with E-state index in [9.17, 15) is 18.0 Å². The molecule has 0 unspecified atom stereocenters. The third-order valence-electron chi connectivity index (χ3n) is 2.13. The third-order valence-corrected chi connectivity index (χ3v) is 2.13. The first kappa shape index (κ1) is 9.35.